The third-order valence-corrected chi connectivity index (χ3v) is 1.71. The number of benzene rings is 1. The van der Waals surface area contributed by atoms with Gasteiger partial charge in [-0.05, 0) is 13.0 Å². The van der Waals surface area contributed by atoms with Crippen LogP contribution < -0.4 is 10.2 Å². The average Bonchev–Trinajstić information content (AvgIpc) is 2.05. The van der Waals surface area contributed by atoms with E-state index in [1.165, 1.54) is 0 Å². The Morgan fingerprint density at radius 1 is 1.50 bits per heavy atom. The summed E-state index contributed by atoms with van der Waals surface area (Å²) in [5.74, 6) is 0.794. The first-order valence-electron chi connectivity index (χ1n) is 3.78. The molecule has 1 rings (SSSR count). The first kappa shape index (κ1) is 9.03. The molecule has 0 aromatic heterocycles. The van der Waals surface area contributed by atoms with Gasteiger partial charge in [0.2, 0.25) is 0 Å². The summed E-state index contributed by atoms with van der Waals surface area (Å²) in [6.07, 6.45) is 0. The number of hydroxylamine groups is 1. The average molecular weight is 167 g/mol. The highest BCUT2D eigenvalue weighted by Gasteiger charge is 2.00. The van der Waals surface area contributed by atoms with Gasteiger partial charge >= 0.3 is 0 Å². The highest BCUT2D eigenvalue weighted by molar-refractivity contribution is 5.36. The molecule has 1 aromatic rings. The number of rotatable bonds is 3. The summed E-state index contributed by atoms with van der Waals surface area (Å²) in [6.45, 7) is 2.41. The number of nitrogens with one attached hydrogen (secondary N) is 1. The maximum Gasteiger partial charge on any atom is 0.123 e. The molecule has 0 spiro atoms. The van der Waals surface area contributed by atoms with Gasteiger partial charge in [-0.15, -0.1) is 0 Å². The van der Waals surface area contributed by atoms with Gasteiger partial charge in [0.15, 0.2) is 0 Å². The Balaban J connectivity index is 2.95. The lowest BCUT2D eigenvalue weighted by atomic mass is 10.1. The third-order valence-electron chi connectivity index (χ3n) is 1.71. The molecule has 0 unspecified atom stereocenters. The Hall–Kier alpha value is -1.06. The molecule has 0 aliphatic heterocycles. The van der Waals surface area contributed by atoms with Crippen molar-refractivity contribution in [2.24, 2.45) is 0 Å². The Morgan fingerprint density at radius 2 is 2.25 bits per heavy atom. The fraction of sp³-hybridized carbons (Fsp3) is 0.333. The Labute approximate surface area is 71.9 Å². The molecule has 0 amide bonds. The third kappa shape index (κ3) is 1.96. The van der Waals surface area contributed by atoms with Gasteiger partial charge in [0.25, 0.3) is 0 Å². The minimum atomic E-state index is 0.408. The lowest BCUT2D eigenvalue weighted by molar-refractivity contribution is 0.160. The molecular weight excluding hydrogens is 154 g/mol. The lowest BCUT2D eigenvalue weighted by Crippen LogP contribution is -2.07. The van der Waals surface area contributed by atoms with Crippen molar-refractivity contribution in [3.8, 4) is 5.75 Å². The molecule has 0 bridgehead atoms. The van der Waals surface area contributed by atoms with Gasteiger partial charge in [-0.3, -0.25) is 0 Å². The van der Waals surface area contributed by atoms with E-state index >= 15 is 0 Å². The van der Waals surface area contributed by atoms with Gasteiger partial charge in [-0.2, -0.15) is 0 Å². The summed E-state index contributed by atoms with van der Waals surface area (Å²) >= 11 is 0. The number of hydrogen-bond acceptors (Lipinski definition) is 3. The monoisotopic (exact) mass is 167 g/mol. The van der Waals surface area contributed by atoms with Gasteiger partial charge in [-0.25, -0.2) is 5.48 Å². The zero-order valence-corrected chi connectivity index (χ0v) is 7.29. The topological polar surface area (TPSA) is 41.5 Å². The SMILES string of the molecule is COc1ccc(C)cc1CNO. The van der Waals surface area contributed by atoms with Gasteiger partial charge in [0.05, 0.1) is 7.11 Å². The Morgan fingerprint density at radius 3 is 2.83 bits per heavy atom. The summed E-state index contributed by atoms with van der Waals surface area (Å²) in [4.78, 5) is 0. The molecule has 2 N–H and O–H groups in total. The van der Waals surface area contributed by atoms with Crippen molar-refractivity contribution in [1.29, 1.82) is 0 Å². The molecule has 0 saturated carbocycles. The van der Waals surface area contributed by atoms with Crippen LogP contribution in [0.15, 0.2) is 18.2 Å². The maximum atomic E-state index is 8.52. The van der Waals surface area contributed by atoms with Crippen LogP contribution in [-0.2, 0) is 6.54 Å². The molecular formula is C9H13NO2. The second-order valence-electron chi connectivity index (χ2n) is 2.65. The van der Waals surface area contributed by atoms with E-state index in [0.717, 1.165) is 16.9 Å². The van der Waals surface area contributed by atoms with Gasteiger partial charge in [0, 0.05) is 12.1 Å². The standard InChI is InChI=1S/C9H13NO2/c1-7-3-4-9(12-2)8(5-7)6-10-11/h3-5,10-11H,6H2,1-2H3. The highest BCUT2D eigenvalue weighted by Crippen LogP contribution is 2.18. The molecule has 1 aromatic carbocycles. The predicted octanol–water partition coefficient (Wildman–Crippen LogP) is 1.48. The van der Waals surface area contributed by atoms with Crippen LogP contribution in [0.25, 0.3) is 0 Å². The second kappa shape index (κ2) is 4.09. The molecule has 0 aliphatic rings. The summed E-state index contributed by atoms with van der Waals surface area (Å²) in [5.41, 5.74) is 4.22. The molecule has 0 fully saturated rings. The summed E-state index contributed by atoms with van der Waals surface area (Å²) in [6, 6.07) is 5.84. The van der Waals surface area contributed by atoms with Gasteiger partial charge in [0.1, 0.15) is 5.75 Å². The lowest BCUT2D eigenvalue weighted by Gasteiger charge is -2.07. The number of methoxy groups -OCH3 is 1. The van der Waals surface area contributed by atoms with E-state index in [1.54, 1.807) is 7.11 Å². The summed E-state index contributed by atoms with van der Waals surface area (Å²) in [5, 5.41) is 8.52. The highest BCUT2D eigenvalue weighted by atomic mass is 16.5. The summed E-state index contributed by atoms with van der Waals surface area (Å²) in [7, 11) is 1.62. The first-order chi connectivity index (χ1) is 5.77. The number of ether oxygens (including phenoxy) is 1. The zero-order valence-electron chi connectivity index (χ0n) is 7.29. The van der Waals surface area contributed by atoms with E-state index < -0.39 is 0 Å². The van der Waals surface area contributed by atoms with E-state index in [4.69, 9.17) is 9.94 Å². The molecule has 0 heterocycles. The Bertz CT molecular complexity index is 261. The van der Waals surface area contributed by atoms with E-state index in [9.17, 15) is 0 Å². The fourth-order valence-electron chi connectivity index (χ4n) is 1.13. The van der Waals surface area contributed by atoms with Crippen molar-refractivity contribution < 1.29 is 9.94 Å². The number of aryl methyl sites for hydroxylation is 1. The minimum absolute atomic E-state index is 0.408. The van der Waals surface area contributed by atoms with Crippen molar-refractivity contribution in [1.82, 2.24) is 5.48 Å². The van der Waals surface area contributed by atoms with Gasteiger partial charge in [-0.1, -0.05) is 17.7 Å². The van der Waals surface area contributed by atoms with Crippen LogP contribution in [0.4, 0.5) is 0 Å². The van der Waals surface area contributed by atoms with Crippen LogP contribution in [0.3, 0.4) is 0 Å². The first-order valence-corrected chi connectivity index (χ1v) is 3.78. The van der Waals surface area contributed by atoms with Crippen LogP contribution in [0.2, 0.25) is 0 Å². The van der Waals surface area contributed by atoms with E-state index in [-0.39, 0.29) is 0 Å². The smallest absolute Gasteiger partial charge is 0.123 e. The minimum Gasteiger partial charge on any atom is -0.496 e. The Kier molecular flexibility index (Phi) is 3.08. The van der Waals surface area contributed by atoms with E-state index in [1.807, 2.05) is 25.1 Å². The largest absolute Gasteiger partial charge is 0.496 e. The normalized spacial score (nSPS) is 9.92. The maximum absolute atomic E-state index is 8.52. The zero-order chi connectivity index (χ0) is 8.97. The van der Waals surface area contributed by atoms with Crippen LogP contribution in [0.5, 0.6) is 5.75 Å². The van der Waals surface area contributed by atoms with Crippen LogP contribution in [-0.4, -0.2) is 12.3 Å². The van der Waals surface area contributed by atoms with Crippen LogP contribution in [0, 0.1) is 6.92 Å². The van der Waals surface area contributed by atoms with Crippen molar-refractivity contribution in [3.63, 3.8) is 0 Å². The van der Waals surface area contributed by atoms with Crippen molar-refractivity contribution >= 4 is 0 Å². The van der Waals surface area contributed by atoms with Gasteiger partial charge < -0.3 is 9.94 Å². The predicted molar refractivity (Wildman–Crippen MR) is 46.4 cm³/mol. The molecule has 3 nitrogen and oxygen atoms in total. The van der Waals surface area contributed by atoms with E-state index in [0.29, 0.717) is 6.54 Å². The molecule has 0 radical (unpaired) electrons. The van der Waals surface area contributed by atoms with E-state index in [2.05, 4.69) is 5.48 Å². The second-order valence-corrected chi connectivity index (χ2v) is 2.65. The quantitative estimate of drug-likeness (QED) is 0.670. The molecule has 12 heavy (non-hydrogen) atoms. The van der Waals surface area contributed by atoms with Crippen molar-refractivity contribution in [2.75, 3.05) is 7.11 Å². The van der Waals surface area contributed by atoms with Crippen LogP contribution in [0.1, 0.15) is 11.1 Å². The fourth-order valence-corrected chi connectivity index (χ4v) is 1.13. The number of hydrogen-bond donors (Lipinski definition) is 2. The molecule has 0 saturated heterocycles. The molecule has 66 valence electrons. The van der Waals surface area contributed by atoms with Crippen LogP contribution >= 0.6 is 0 Å². The van der Waals surface area contributed by atoms with Crippen molar-refractivity contribution in [2.45, 2.75) is 13.5 Å². The summed E-state index contributed by atoms with van der Waals surface area (Å²) < 4.78 is 5.10. The molecule has 0 aliphatic carbocycles. The molecule has 3 heteroatoms. The molecule has 0 atom stereocenters. The van der Waals surface area contributed by atoms with Crippen molar-refractivity contribution in [3.05, 3.63) is 29.3 Å².